The van der Waals surface area contributed by atoms with Gasteiger partial charge in [-0.15, -0.1) is 0 Å². The summed E-state index contributed by atoms with van der Waals surface area (Å²) in [5.41, 5.74) is 0. The molecule has 13 heteroatoms. The van der Waals surface area contributed by atoms with Gasteiger partial charge in [0.25, 0.3) is 0 Å². The molecule has 0 saturated heterocycles. The topological polar surface area (TPSA) is 208 Å². The van der Waals surface area contributed by atoms with E-state index in [1.807, 2.05) is 0 Å². The molecular weight excluding hydrogens is 557 g/mol. The maximum absolute atomic E-state index is 8.52. The molecule has 90 valence electrons. The number of hydrogen-bond donors (Lipinski definition) is 0. The molecule has 0 unspecified atom stereocenters. The number of hydrogen-bond acceptors (Lipinski definition) is 9. The van der Waals surface area contributed by atoms with E-state index in [-0.39, 0.29) is 46.9 Å². The molecule has 0 aromatic rings. The standard InChI is InChI=1S/3BrO3.Yb/c3*2-1(3)4;/q3*-1;+2. The van der Waals surface area contributed by atoms with E-state index in [9.17, 15) is 0 Å². The summed E-state index contributed by atoms with van der Waals surface area (Å²) in [6.45, 7) is 0. The van der Waals surface area contributed by atoms with E-state index in [1.54, 1.807) is 0 Å². The van der Waals surface area contributed by atoms with Gasteiger partial charge in [0.05, 0.1) is 0 Å². The van der Waals surface area contributed by atoms with Crippen LogP contribution in [0, 0.1) is 91.4 Å². The van der Waals surface area contributed by atoms with Gasteiger partial charge in [-0.25, -0.2) is 0 Å². The zero-order valence-electron chi connectivity index (χ0n) is 5.08. The van der Waals surface area contributed by atoms with E-state index < -0.39 is 44.4 Å². The predicted octanol–water partition coefficient (Wildman–Crippen LogP) is -10.7. The largest absolute Gasteiger partial charge is 2.00 e. The van der Waals surface area contributed by atoms with Crippen LogP contribution in [0.5, 0.6) is 0 Å². The Hall–Kier alpha value is 2.60. The molecule has 0 saturated carbocycles. The van der Waals surface area contributed by atoms with E-state index in [2.05, 4.69) is 0 Å². The summed E-state index contributed by atoms with van der Waals surface area (Å²) in [5.74, 6) is 0. The summed E-state index contributed by atoms with van der Waals surface area (Å²) in [4.78, 5) is 0. The third-order valence-electron chi connectivity index (χ3n) is 0. The van der Waals surface area contributed by atoms with Gasteiger partial charge in [-0.05, 0) is 0 Å². The van der Waals surface area contributed by atoms with Gasteiger partial charge in [-0.3, -0.25) is 0 Å². The second-order valence-electron chi connectivity index (χ2n) is 0.567. The average molecular weight is 557 g/mol. The van der Waals surface area contributed by atoms with Crippen LogP contribution < -0.4 is 37.8 Å². The molecule has 0 atom stereocenters. The van der Waals surface area contributed by atoms with Crippen LogP contribution in [0.3, 0.4) is 0 Å². The third kappa shape index (κ3) is 343. The summed E-state index contributed by atoms with van der Waals surface area (Å²) in [7, 11) is 0. The molecule has 0 aromatic carbocycles. The van der Waals surface area contributed by atoms with Gasteiger partial charge in [-0.2, -0.15) is 0 Å². The first kappa shape index (κ1) is 24.7. The molecule has 0 aromatic heterocycles. The fourth-order valence-corrected chi connectivity index (χ4v) is 0. The molecule has 0 aliphatic carbocycles. The first-order valence-corrected chi connectivity index (χ1v) is 7.22. The molecule has 0 aliphatic rings. The number of halogens is 3. The van der Waals surface area contributed by atoms with E-state index in [4.69, 9.17) is 37.8 Å². The Bertz CT molecular complexity index is 43.4. The summed E-state index contributed by atoms with van der Waals surface area (Å²) < 4.78 is 76.7. The van der Waals surface area contributed by atoms with E-state index >= 15 is 0 Å². The van der Waals surface area contributed by atoms with Crippen LogP contribution in [0.4, 0.5) is 0 Å². The monoisotopic (exact) mass is 555 g/mol. The van der Waals surface area contributed by atoms with E-state index in [0.717, 1.165) is 0 Å². The van der Waals surface area contributed by atoms with Crippen molar-refractivity contribution in [3.63, 3.8) is 0 Å². The molecule has 9 nitrogen and oxygen atoms in total. The van der Waals surface area contributed by atoms with Crippen molar-refractivity contribution in [2.45, 2.75) is 0 Å². The Labute approximate surface area is 127 Å². The van der Waals surface area contributed by atoms with Crippen molar-refractivity contribution in [3.05, 3.63) is 0 Å². The SMILES string of the molecule is [O-][Br+2]([O-])[O-].[O-][Br+2]([O-])[O-].[O-][Br+2]([O-])[O-].[Yb+2]. The fourth-order valence-electron chi connectivity index (χ4n) is 0. The summed E-state index contributed by atoms with van der Waals surface area (Å²) >= 11 is -10.9. The van der Waals surface area contributed by atoms with Gasteiger partial charge in [0, 0.05) is 0 Å². The van der Waals surface area contributed by atoms with Crippen LogP contribution >= 0.6 is 0 Å². The maximum Gasteiger partial charge on any atom is 2.00 e. The minimum Gasteiger partial charge on any atom is -0.405 e. The van der Waals surface area contributed by atoms with Crippen molar-refractivity contribution >= 4 is 0 Å². The van der Waals surface area contributed by atoms with Gasteiger partial charge in [0.2, 0.25) is 44.4 Å². The van der Waals surface area contributed by atoms with Gasteiger partial charge in [0.1, 0.15) is 0 Å². The molecule has 0 spiro atoms. The van der Waals surface area contributed by atoms with Crippen LogP contribution in [0.2, 0.25) is 0 Å². The van der Waals surface area contributed by atoms with E-state index in [0.29, 0.717) is 0 Å². The molecular formula is Br3O9Yb-. The van der Waals surface area contributed by atoms with Crippen LogP contribution in [0.25, 0.3) is 0 Å². The van der Waals surface area contributed by atoms with Crippen molar-refractivity contribution in [1.82, 2.24) is 0 Å². The minimum atomic E-state index is -3.65. The van der Waals surface area contributed by atoms with Crippen LogP contribution in [-0.4, -0.2) is 0 Å². The summed E-state index contributed by atoms with van der Waals surface area (Å²) in [6.07, 6.45) is 0. The van der Waals surface area contributed by atoms with Crippen molar-refractivity contribution in [2.75, 3.05) is 0 Å². The van der Waals surface area contributed by atoms with Crippen molar-refractivity contribution < 1.29 is 129 Å². The molecule has 0 aliphatic heterocycles. The normalized spacial score (nSPS) is 8.31. The Morgan fingerprint density at radius 3 is 0.385 bits per heavy atom. The first-order chi connectivity index (χ1) is 5.20. The number of rotatable bonds is 0. The van der Waals surface area contributed by atoms with E-state index in [1.165, 1.54) is 0 Å². The zero-order chi connectivity index (χ0) is 10.7. The fraction of sp³-hybridized carbons (Fsp3) is 0. The molecule has 0 bridgehead atoms. The smallest absolute Gasteiger partial charge is 0.405 e. The Morgan fingerprint density at radius 2 is 0.385 bits per heavy atom. The molecule has 0 rings (SSSR count). The minimum absolute atomic E-state index is 0. The molecule has 0 radical (unpaired) electrons. The Kier molecular flexibility index (Phi) is 38.1. The van der Waals surface area contributed by atoms with Crippen LogP contribution in [-0.2, 0) is 0 Å². The predicted molar refractivity (Wildman–Crippen MR) is 0 cm³/mol. The van der Waals surface area contributed by atoms with Gasteiger partial charge < -0.3 is 37.8 Å². The second-order valence-corrected chi connectivity index (χ2v) is 2.95. The molecule has 0 N–H and O–H groups in total. The quantitative estimate of drug-likeness (QED) is 0.277. The van der Waals surface area contributed by atoms with Crippen molar-refractivity contribution in [2.24, 2.45) is 0 Å². The average Bonchev–Trinajstić information content (AvgIpc) is 1.54. The molecule has 0 fully saturated rings. The molecule has 0 amide bonds. The third-order valence-corrected chi connectivity index (χ3v) is 0. The zero-order valence-corrected chi connectivity index (χ0v) is 11.5. The Balaban J connectivity index is -0.0000000450. The second kappa shape index (κ2) is 20.1. The van der Waals surface area contributed by atoms with Gasteiger partial charge >= 0.3 is 46.9 Å². The van der Waals surface area contributed by atoms with Crippen LogP contribution in [0.15, 0.2) is 0 Å². The van der Waals surface area contributed by atoms with Crippen molar-refractivity contribution in [3.8, 4) is 0 Å². The molecule has 0 heterocycles. The van der Waals surface area contributed by atoms with Gasteiger partial charge in [-0.1, -0.05) is 0 Å². The van der Waals surface area contributed by atoms with Crippen molar-refractivity contribution in [1.29, 1.82) is 0 Å². The summed E-state index contributed by atoms with van der Waals surface area (Å²) in [5, 5.41) is 0. The van der Waals surface area contributed by atoms with Gasteiger partial charge in [0.15, 0.2) is 0 Å². The maximum atomic E-state index is 8.52. The van der Waals surface area contributed by atoms with Crippen LogP contribution in [0.1, 0.15) is 0 Å². The Morgan fingerprint density at radius 1 is 0.385 bits per heavy atom. The molecule has 13 heavy (non-hydrogen) atoms. The summed E-state index contributed by atoms with van der Waals surface area (Å²) in [6, 6.07) is 0. The first-order valence-electron chi connectivity index (χ1n) is 1.39.